The second kappa shape index (κ2) is 5.34. The second-order valence-electron chi connectivity index (χ2n) is 5.90. The Bertz CT molecular complexity index is 383. The van der Waals surface area contributed by atoms with Crippen LogP contribution in [0.1, 0.15) is 45.6 Å². The van der Waals surface area contributed by atoms with E-state index in [1.807, 2.05) is 0 Å². The molecule has 0 spiro atoms. The number of halogens is 2. The molecule has 0 radical (unpaired) electrons. The molecule has 0 N–H and O–H groups in total. The predicted octanol–water partition coefficient (Wildman–Crippen LogP) is 5.99. The van der Waals surface area contributed by atoms with Crippen LogP contribution in [0, 0.1) is 11.8 Å². The highest BCUT2D eigenvalue weighted by Crippen LogP contribution is 2.47. The van der Waals surface area contributed by atoms with Crippen LogP contribution in [-0.4, -0.2) is 4.83 Å². The zero-order chi connectivity index (χ0) is 12.6. The normalized spacial score (nSPS) is 30.5. The van der Waals surface area contributed by atoms with Crippen LogP contribution >= 0.6 is 43.2 Å². The van der Waals surface area contributed by atoms with Gasteiger partial charge in [-0.2, -0.15) is 11.3 Å². The number of alkyl halides is 1. The van der Waals surface area contributed by atoms with Gasteiger partial charge in [0.2, 0.25) is 0 Å². The van der Waals surface area contributed by atoms with Crippen LogP contribution < -0.4 is 0 Å². The molecular weight excluding hydrogens is 360 g/mol. The third-order valence-corrected chi connectivity index (χ3v) is 6.99. The van der Waals surface area contributed by atoms with E-state index in [0.29, 0.717) is 4.83 Å². The first kappa shape index (κ1) is 14.1. The van der Waals surface area contributed by atoms with Crippen molar-refractivity contribution in [1.29, 1.82) is 0 Å². The van der Waals surface area contributed by atoms with Gasteiger partial charge in [0.25, 0.3) is 0 Å². The first-order valence-electron chi connectivity index (χ1n) is 6.29. The number of rotatable bonds is 2. The summed E-state index contributed by atoms with van der Waals surface area (Å²) in [7, 11) is 0. The Balaban J connectivity index is 2.24. The zero-order valence-electron chi connectivity index (χ0n) is 10.7. The Kier molecular flexibility index (Phi) is 4.42. The summed E-state index contributed by atoms with van der Waals surface area (Å²) in [5, 5.41) is 4.51. The number of thiophene rings is 1. The van der Waals surface area contributed by atoms with E-state index < -0.39 is 0 Å². The fourth-order valence-corrected chi connectivity index (χ4v) is 6.61. The molecule has 0 aliphatic heterocycles. The molecule has 0 saturated heterocycles. The van der Waals surface area contributed by atoms with Crippen molar-refractivity contribution in [3.8, 4) is 0 Å². The number of hydrogen-bond donors (Lipinski definition) is 0. The van der Waals surface area contributed by atoms with Crippen molar-refractivity contribution in [2.24, 2.45) is 11.8 Å². The molecule has 0 aromatic carbocycles. The van der Waals surface area contributed by atoms with Crippen molar-refractivity contribution < 1.29 is 0 Å². The molecule has 96 valence electrons. The molecule has 0 amide bonds. The van der Waals surface area contributed by atoms with Gasteiger partial charge in [0.05, 0.1) is 0 Å². The van der Waals surface area contributed by atoms with E-state index in [1.54, 1.807) is 11.3 Å². The molecular formula is C14H20Br2S. The van der Waals surface area contributed by atoms with Gasteiger partial charge in [-0.05, 0) is 57.0 Å². The molecule has 3 unspecified atom stereocenters. The molecule has 3 atom stereocenters. The quantitative estimate of drug-likeness (QED) is 0.553. The Morgan fingerprint density at radius 2 is 2.00 bits per heavy atom. The molecule has 1 aromatic rings. The average Bonchev–Trinajstić information content (AvgIpc) is 2.64. The van der Waals surface area contributed by atoms with Gasteiger partial charge in [-0.15, -0.1) is 0 Å². The van der Waals surface area contributed by atoms with Crippen molar-refractivity contribution in [1.82, 2.24) is 0 Å². The maximum absolute atomic E-state index is 3.93. The summed E-state index contributed by atoms with van der Waals surface area (Å²) in [6.07, 6.45) is 4.03. The summed E-state index contributed by atoms with van der Waals surface area (Å²) in [4.78, 5) is 0.660. The average molecular weight is 380 g/mol. The molecule has 1 heterocycles. The topological polar surface area (TPSA) is 0 Å². The standard InChI is InChI=1S/C14H20Br2S/c1-9-4-5-10(12(15)6-9)14(2,3)11-7-17-8-13(11)16/h7-10,12H,4-6H2,1-3H3. The molecule has 1 aliphatic rings. The minimum absolute atomic E-state index is 0.257. The van der Waals surface area contributed by atoms with Gasteiger partial charge in [-0.1, -0.05) is 43.1 Å². The smallest absolute Gasteiger partial charge is 0.0319 e. The van der Waals surface area contributed by atoms with E-state index >= 15 is 0 Å². The molecule has 1 saturated carbocycles. The Morgan fingerprint density at radius 3 is 2.53 bits per heavy atom. The third kappa shape index (κ3) is 2.82. The van der Waals surface area contributed by atoms with Crippen LogP contribution in [0.5, 0.6) is 0 Å². The lowest BCUT2D eigenvalue weighted by molar-refractivity contribution is 0.214. The lowest BCUT2D eigenvalue weighted by Gasteiger charge is -2.42. The summed E-state index contributed by atoms with van der Waals surface area (Å²) in [6, 6.07) is 0. The van der Waals surface area contributed by atoms with Crippen molar-refractivity contribution >= 4 is 43.2 Å². The monoisotopic (exact) mass is 378 g/mol. The van der Waals surface area contributed by atoms with Gasteiger partial charge in [-0.3, -0.25) is 0 Å². The van der Waals surface area contributed by atoms with Crippen LogP contribution in [0.4, 0.5) is 0 Å². The zero-order valence-corrected chi connectivity index (χ0v) is 14.7. The van der Waals surface area contributed by atoms with E-state index in [2.05, 4.69) is 63.4 Å². The first-order chi connectivity index (χ1) is 7.93. The van der Waals surface area contributed by atoms with Crippen molar-refractivity contribution in [2.75, 3.05) is 0 Å². The SMILES string of the molecule is CC1CCC(C(C)(C)c2cscc2Br)C(Br)C1. The number of hydrogen-bond acceptors (Lipinski definition) is 1. The molecule has 0 bridgehead atoms. The highest BCUT2D eigenvalue weighted by molar-refractivity contribution is 9.10. The summed E-state index contributed by atoms with van der Waals surface area (Å²) in [5.74, 6) is 1.61. The summed E-state index contributed by atoms with van der Waals surface area (Å²) >= 11 is 9.42. The van der Waals surface area contributed by atoms with Crippen LogP contribution in [0.25, 0.3) is 0 Å². The first-order valence-corrected chi connectivity index (χ1v) is 8.94. The van der Waals surface area contributed by atoms with Gasteiger partial charge in [0, 0.05) is 14.7 Å². The van der Waals surface area contributed by atoms with Crippen molar-refractivity contribution in [2.45, 2.75) is 50.3 Å². The maximum atomic E-state index is 3.93. The highest BCUT2D eigenvalue weighted by atomic mass is 79.9. The molecule has 1 aromatic heterocycles. The lowest BCUT2D eigenvalue weighted by atomic mass is 9.66. The fourth-order valence-electron chi connectivity index (χ4n) is 3.07. The molecule has 17 heavy (non-hydrogen) atoms. The van der Waals surface area contributed by atoms with E-state index in [9.17, 15) is 0 Å². The highest BCUT2D eigenvalue weighted by Gasteiger charge is 2.39. The summed E-state index contributed by atoms with van der Waals surface area (Å²) < 4.78 is 1.28. The second-order valence-corrected chi connectivity index (χ2v) is 8.67. The molecule has 1 fully saturated rings. The van der Waals surface area contributed by atoms with Gasteiger partial charge < -0.3 is 0 Å². The molecule has 2 rings (SSSR count). The van der Waals surface area contributed by atoms with Crippen LogP contribution in [0.3, 0.4) is 0 Å². The summed E-state index contributed by atoms with van der Waals surface area (Å²) in [6.45, 7) is 7.17. The largest absolute Gasteiger partial charge is 0.151 e. The molecule has 3 heteroatoms. The van der Waals surface area contributed by atoms with Gasteiger partial charge in [0.15, 0.2) is 0 Å². The van der Waals surface area contributed by atoms with E-state index in [-0.39, 0.29) is 5.41 Å². The van der Waals surface area contributed by atoms with Gasteiger partial charge in [-0.25, -0.2) is 0 Å². The Labute approximate surface area is 125 Å². The maximum Gasteiger partial charge on any atom is 0.0319 e. The summed E-state index contributed by atoms with van der Waals surface area (Å²) in [5.41, 5.74) is 1.74. The molecule has 0 nitrogen and oxygen atoms in total. The molecule has 1 aliphatic carbocycles. The minimum Gasteiger partial charge on any atom is -0.151 e. The van der Waals surface area contributed by atoms with Gasteiger partial charge in [0.1, 0.15) is 0 Å². The van der Waals surface area contributed by atoms with Crippen LogP contribution in [-0.2, 0) is 5.41 Å². The van der Waals surface area contributed by atoms with E-state index in [0.717, 1.165) is 11.8 Å². The van der Waals surface area contributed by atoms with E-state index in [1.165, 1.54) is 29.3 Å². The minimum atomic E-state index is 0.257. The van der Waals surface area contributed by atoms with Crippen molar-refractivity contribution in [3.05, 3.63) is 20.8 Å². The Hall–Kier alpha value is 0.660. The lowest BCUT2D eigenvalue weighted by Crippen LogP contribution is -2.38. The Morgan fingerprint density at radius 1 is 1.29 bits per heavy atom. The third-order valence-electron chi connectivity index (χ3n) is 4.27. The van der Waals surface area contributed by atoms with Crippen molar-refractivity contribution in [3.63, 3.8) is 0 Å². The van der Waals surface area contributed by atoms with Gasteiger partial charge >= 0.3 is 0 Å². The fraction of sp³-hybridized carbons (Fsp3) is 0.714. The predicted molar refractivity (Wildman–Crippen MR) is 84.3 cm³/mol. The van der Waals surface area contributed by atoms with Crippen LogP contribution in [0.15, 0.2) is 15.2 Å². The van der Waals surface area contributed by atoms with Crippen LogP contribution in [0.2, 0.25) is 0 Å². The van der Waals surface area contributed by atoms with E-state index in [4.69, 9.17) is 0 Å².